The fourth-order valence-corrected chi connectivity index (χ4v) is 3.11. The number of hydrogen-bond acceptors (Lipinski definition) is 4. The van der Waals surface area contributed by atoms with Gasteiger partial charge in [-0.15, -0.1) is 0 Å². The van der Waals surface area contributed by atoms with Gasteiger partial charge in [0.25, 0.3) is 0 Å². The van der Waals surface area contributed by atoms with Crippen LogP contribution in [0.15, 0.2) is 52.2 Å². The van der Waals surface area contributed by atoms with E-state index in [0.717, 1.165) is 15.2 Å². The molecule has 0 aliphatic carbocycles. The molecule has 2 atom stereocenters. The van der Waals surface area contributed by atoms with Gasteiger partial charge in [0.2, 0.25) is 0 Å². The molecule has 0 aromatic carbocycles. The molecule has 2 unspecified atom stereocenters. The summed E-state index contributed by atoms with van der Waals surface area (Å²) in [4.78, 5) is 8.74. The molecular weight excluding hydrogens is 310 g/mol. The molecule has 0 saturated heterocycles. The molecule has 94 valence electrons. The van der Waals surface area contributed by atoms with Crippen LogP contribution in [0.25, 0.3) is 0 Å². The molecule has 18 heavy (non-hydrogen) atoms. The Bertz CT molecular complexity index is 505. The maximum Gasteiger partial charge on any atom is 0.111 e. The normalized spacial score (nSPS) is 14.2. The van der Waals surface area contributed by atoms with Crippen molar-refractivity contribution >= 4 is 27.7 Å². The molecule has 0 bridgehead atoms. The van der Waals surface area contributed by atoms with Crippen LogP contribution < -0.4 is 5.73 Å². The van der Waals surface area contributed by atoms with E-state index in [0.29, 0.717) is 0 Å². The second-order valence-corrected chi connectivity index (χ2v) is 5.93. The van der Waals surface area contributed by atoms with Crippen molar-refractivity contribution in [3.63, 3.8) is 0 Å². The molecule has 2 aromatic heterocycles. The van der Waals surface area contributed by atoms with Gasteiger partial charge in [0.15, 0.2) is 0 Å². The molecular formula is C13H14BrN3S. The Morgan fingerprint density at radius 3 is 2.56 bits per heavy atom. The van der Waals surface area contributed by atoms with Crippen molar-refractivity contribution in [3.05, 3.63) is 52.9 Å². The molecule has 2 aromatic rings. The van der Waals surface area contributed by atoms with Gasteiger partial charge in [-0.25, -0.2) is 4.98 Å². The van der Waals surface area contributed by atoms with Crippen LogP contribution in [0, 0.1) is 0 Å². The summed E-state index contributed by atoms with van der Waals surface area (Å²) in [6.45, 7) is 1.99. The fourth-order valence-electron chi connectivity index (χ4n) is 1.56. The molecule has 0 saturated carbocycles. The summed E-state index contributed by atoms with van der Waals surface area (Å²) in [5, 5.41) is 1.03. The molecule has 0 aliphatic heterocycles. The van der Waals surface area contributed by atoms with Crippen molar-refractivity contribution in [2.45, 2.75) is 23.2 Å². The molecule has 0 fully saturated rings. The van der Waals surface area contributed by atoms with E-state index < -0.39 is 0 Å². The predicted octanol–water partition coefficient (Wildman–Crippen LogP) is 3.42. The Balaban J connectivity index is 2.26. The third-order valence-electron chi connectivity index (χ3n) is 2.42. The number of rotatable bonds is 4. The zero-order valence-corrected chi connectivity index (χ0v) is 12.4. The van der Waals surface area contributed by atoms with Gasteiger partial charge in [-0.05, 0) is 47.1 Å². The van der Waals surface area contributed by atoms with Crippen molar-refractivity contribution < 1.29 is 0 Å². The van der Waals surface area contributed by atoms with Crippen LogP contribution in [0.5, 0.6) is 0 Å². The Morgan fingerprint density at radius 1 is 1.17 bits per heavy atom. The lowest BCUT2D eigenvalue weighted by Crippen LogP contribution is -2.23. The number of nitrogens with two attached hydrogens (primary N) is 1. The minimum absolute atomic E-state index is 0.00111. The Kier molecular flexibility index (Phi) is 4.74. The highest BCUT2D eigenvalue weighted by molar-refractivity contribution is 9.10. The smallest absolute Gasteiger partial charge is 0.111 e. The van der Waals surface area contributed by atoms with Crippen molar-refractivity contribution in [1.82, 2.24) is 9.97 Å². The number of hydrogen-bond donors (Lipinski definition) is 1. The minimum Gasteiger partial charge on any atom is -0.327 e. The molecule has 2 rings (SSSR count). The molecule has 0 spiro atoms. The number of thioether (sulfide) groups is 1. The van der Waals surface area contributed by atoms with Gasteiger partial charge in [-0.1, -0.05) is 17.8 Å². The lowest BCUT2D eigenvalue weighted by atomic mass is 10.2. The molecule has 0 amide bonds. The standard InChI is InChI=1S/C13H14BrN3S/c1-9(15)12(11-6-2-3-7-16-11)18-13-10(14)5-4-8-17-13/h2-9,12H,15H2,1H3. The molecule has 5 heteroatoms. The molecule has 0 radical (unpaired) electrons. The van der Waals surface area contributed by atoms with E-state index >= 15 is 0 Å². The first-order chi connectivity index (χ1) is 8.68. The average Bonchev–Trinajstić information content (AvgIpc) is 2.38. The van der Waals surface area contributed by atoms with Crippen LogP contribution in [0.4, 0.5) is 0 Å². The van der Waals surface area contributed by atoms with Gasteiger partial charge in [-0.3, -0.25) is 4.98 Å². The van der Waals surface area contributed by atoms with Gasteiger partial charge >= 0.3 is 0 Å². The van der Waals surface area contributed by atoms with Crippen molar-refractivity contribution in [1.29, 1.82) is 0 Å². The van der Waals surface area contributed by atoms with Gasteiger partial charge in [0, 0.05) is 22.9 Å². The van der Waals surface area contributed by atoms with Crippen molar-refractivity contribution in [3.8, 4) is 0 Å². The van der Waals surface area contributed by atoms with Crippen LogP contribution in [-0.2, 0) is 0 Å². The summed E-state index contributed by atoms with van der Waals surface area (Å²) >= 11 is 5.13. The zero-order valence-electron chi connectivity index (χ0n) is 9.95. The molecule has 2 heterocycles. The Labute approximate surface area is 119 Å². The second-order valence-electron chi connectivity index (χ2n) is 3.94. The van der Waals surface area contributed by atoms with E-state index in [-0.39, 0.29) is 11.3 Å². The second kappa shape index (κ2) is 6.31. The average molecular weight is 324 g/mol. The maximum absolute atomic E-state index is 6.06. The minimum atomic E-state index is -0.00111. The molecule has 3 nitrogen and oxygen atoms in total. The van der Waals surface area contributed by atoms with Crippen LogP contribution in [0.2, 0.25) is 0 Å². The van der Waals surface area contributed by atoms with E-state index in [1.54, 1.807) is 24.2 Å². The highest BCUT2D eigenvalue weighted by Crippen LogP contribution is 2.38. The van der Waals surface area contributed by atoms with Gasteiger partial charge in [-0.2, -0.15) is 0 Å². The van der Waals surface area contributed by atoms with E-state index in [9.17, 15) is 0 Å². The summed E-state index contributed by atoms with van der Waals surface area (Å²) < 4.78 is 0.983. The van der Waals surface area contributed by atoms with Gasteiger partial charge in [0.1, 0.15) is 5.03 Å². The summed E-state index contributed by atoms with van der Waals surface area (Å²) in [5.41, 5.74) is 7.04. The summed E-state index contributed by atoms with van der Waals surface area (Å²) in [6.07, 6.45) is 3.57. The SMILES string of the molecule is CC(N)C(Sc1ncccc1Br)c1ccccn1. The Morgan fingerprint density at radius 2 is 1.94 bits per heavy atom. The topological polar surface area (TPSA) is 51.8 Å². The maximum atomic E-state index is 6.06. The van der Waals surface area contributed by atoms with Gasteiger partial charge < -0.3 is 5.73 Å². The van der Waals surface area contributed by atoms with E-state index in [2.05, 4.69) is 25.9 Å². The fraction of sp³-hybridized carbons (Fsp3) is 0.231. The van der Waals surface area contributed by atoms with Crippen LogP contribution in [-0.4, -0.2) is 16.0 Å². The van der Waals surface area contributed by atoms with Crippen LogP contribution in [0.1, 0.15) is 17.9 Å². The zero-order chi connectivity index (χ0) is 13.0. The third kappa shape index (κ3) is 3.31. The number of aromatic nitrogens is 2. The monoisotopic (exact) mass is 323 g/mol. The highest BCUT2D eigenvalue weighted by Gasteiger charge is 2.20. The lowest BCUT2D eigenvalue weighted by molar-refractivity contribution is 0.704. The van der Waals surface area contributed by atoms with Crippen LogP contribution >= 0.6 is 27.7 Å². The van der Waals surface area contributed by atoms with Crippen molar-refractivity contribution in [2.24, 2.45) is 5.73 Å². The third-order valence-corrected chi connectivity index (χ3v) is 4.80. The molecule has 2 N–H and O–H groups in total. The Hall–Kier alpha value is -0.910. The number of halogens is 1. The summed E-state index contributed by atoms with van der Waals surface area (Å²) in [6, 6.07) is 9.76. The largest absolute Gasteiger partial charge is 0.327 e. The first-order valence-corrected chi connectivity index (χ1v) is 7.29. The highest BCUT2D eigenvalue weighted by atomic mass is 79.9. The number of pyridine rings is 2. The van der Waals surface area contributed by atoms with E-state index in [4.69, 9.17) is 5.73 Å². The van der Waals surface area contributed by atoms with Crippen molar-refractivity contribution in [2.75, 3.05) is 0 Å². The van der Waals surface area contributed by atoms with Crippen LogP contribution in [0.3, 0.4) is 0 Å². The number of nitrogens with zero attached hydrogens (tertiary/aromatic N) is 2. The lowest BCUT2D eigenvalue weighted by Gasteiger charge is -2.19. The summed E-state index contributed by atoms with van der Waals surface area (Å²) in [7, 11) is 0. The first kappa shape index (κ1) is 13.5. The first-order valence-electron chi connectivity index (χ1n) is 5.62. The predicted molar refractivity (Wildman–Crippen MR) is 78.4 cm³/mol. The summed E-state index contributed by atoms with van der Waals surface area (Å²) in [5.74, 6) is 0. The van der Waals surface area contributed by atoms with E-state index in [1.165, 1.54) is 0 Å². The molecule has 0 aliphatic rings. The van der Waals surface area contributed by atoms with E-state index in [1.807, 2.05) is 37.3 Å². The quantitative estimate of drug-likeness (QED) is 0.876. The van der Waals surface area contributed by atoms with Gasteiger partial charge in [0.05, 0.1) is 10.9 Å².